The lowest BCUT2D eigenvalue weighted by atomic mass is 10.0. The van der Waals surface area contributed by atoms with Crippen molar-refractivity contribution >= 4 is 23.2 Å². The minimum Gasteiger partial charge on any atom is -0.303 e. The molecule has 2 aliphatic heterocycles. The molecule has 2 aliphatic rings. The van der Waals surface area contributed by atoms with E-state index in [1.165, 1.54) is 11.1 Å². The van der Waals surface area contributed by atoms with Gasteiger partial charge in [0.1, 0.15) is 5.50 Å². The third-order valence-corrected chi connectivity index (χ3v) is 7.53. The summed E-state index contributed by atoms with van der Waals surface area (Å²) in [5.41, 5.74) is 2.30. The number of rotatable bonds is 2. The van der Waals surface area contributed by atoms with E-state index in [0.717, 1.165) is 39.3 Å². The van der Waals surface area contributed by atoms with E-state index in [9.17, 15) is 0 Å². The van der Waals surface area contributed by atoms with Crippen molar-refractivity contribution in [2.24, 2.45) is 0 Å². The summed E-state index contributed by atoms with van der Waals surface area (Å²) in [7, 11) is 4.33. The van der Waals surface area contributed by atoms with E-state index in [4.69, 9.17) is 23.2 Å². The van der Waals surface area contributed by atoms with Gasteiger partial charge in [0.2, 0.25) is 0 Å². The Morgan fingerprint density at radius 3 is 1.93 bits per heavy atom. The van der Waals surface area contributed by atoms with Gasteiger partial charge < -0.3 is 4.90 Å². The summed E-state index contributed by atoms with van der Waals surface area (Å²) in [5.74, 6) is 0. The first-order valence-corrected chi connectivity index (χ1v) is 11.7. The Kier molecular flexibility index (Phi) is 7.35. The first kappa shape index (κ1) is 22.1. The van der Waals surface area contributed by atoms with Gasteiger partial charge in [0, 0.05) is 45.3 Å². The van der Waals surface area contributed by atoms with E-state index in [0.29, 0.717) is 6.04 Å². The molecule has 0 N–H and O–H groups in total. The van der Waals surface area contributed by atoms with Crippen LogP contribution in [0.25, 0.3) is 0 Å². The first-order valence-electron chi connectivity index (χ1n) is 10.8. The number of benzene rings is 2. The summed E-state index contributed by atoms with van der Waals surface area (Å²) in [6.45, 7) is 5.62. The van der Waals surface area contributed by atoms with Gasteiger partial charge in [0.15, 0.2) is 0 Å². The third-order valence-electron chi connectivity index (χ3n) is 6.57. The highest BCUT2D eigenvalue weighted by atomic mass is 35.5. The number of alkyl halides is 2. The zero-order valence-electron chi connectivity index (χ0n) is 17.9. The quantitative estimate of drug-likeness (QED) is 0.508. The predicted octanol–water partition coefficient (Wildman–Crippen LogP) is 4.09. The van der Waals surface area contributed by atoms with Crippen molar-refractivity contribution in [1.82, 2.24) is 19.6 Å². The van der Waals surface area contributed by atoms with Crippen LogP contribution in [0.2, 0.25) is 0 Å². The molecule has 0 radical (unpaired) electrons. The Hall–Kier alpha value is -1.14. The molecular formula is C24H32Cl2N4. The molecule has 2 aromatic rings. The van der Waals surface area contributed by atoms with Crippen LogP contribution < -0.4 is 0 Å². The molecule has 6 unspecified atom stereocenters. The molecule has 30 heavy (non-hydrogen) atoms. The van der Waals surface area contributed by atoms with Crippen LogP contribution in [-0.4, -0.2) is 84.0 Å². The number of nitrogens with zero attached hydrogens (tertiary/aromatic N) is 4. The summed E-state index contributed by atoms with van der Waals surface area (Å²) in [4.78, 5) is 9.67. The Balaban J connectivity index is 1.71. The second-order valence-corrected chi connectivity index (χ2v) is 9.50. The number of hydrogen-bond acceptors (Lipinski definition) is 4. The molecule has 0 saturated carbocycles. The van der Waals surface area contributed by atoms with Gasteiger partial charge in [-0.25, -0.2) is 0 Å². The highest BCUT2D eigenvalue weighted by Crippen LogP contribution is 2.34. The maximum atomic E-state index is 7.19. The molecule has 0 aliphatic carbocycles. The van der Waals surface area contributed by atoms with Crippen molar-refractivity contribution in [2.75, 3.05) is 53.4 Å². The van der Waals surface area contributed by atoms with Crippen molar-refractivity contribution in [2.45, 2.75) is 23.1 Å². The standard InChI is InChI=1S/C24H32Cl2N4/c1-27-13-14-29-15-16-30(21(17-27)19-9-5-3-6-10-19)18-22(25)28(2)23(24(29)26)20-11-7-4-8-12-20/h3-12,21-24H,13-18H2,1-2H3. The van der Waals surface area contributed by atoms with Gasteiger partial charge in [-0.15, -0.1) is 23.2 Å². The summed E-state index contributed by atoms with van der Waals surface area (Å²) in [5, 5.41) is 0. The molecule has 4 rings (SSSR count). The van der Waals surface area contributed by atoms with Crippen molar-refractivity contribution in [3.8, 4) is 0 Å². The Morgan fingerprint density at radius 1 is 0.700 bits per heavy atom. The zero-order valence-corrected chi connectivity index (χ0v) is 19.4. The fourth-order valence-electron chi connectivity index (χ4n) is 4.72. The van der Waals surface area contributed by atoms with Crippen LogP contribution in [0.15, 0.2) is 60.7 Å². The number of fused-ring (bicyclic) bond motifs is 3. The molecule has 2 saturated heterocycles. The molecule has 0 aromatic heterocycles. The van der Waals surface area contributed by atoms with Crippen LogP contribution in [0, 0.1) is 0 Å². The van der Waals surface area contributed by atoms with Crippen LogP contribution in [-0.2, 0) is 0 Å². The van der Waals surface area contributed by atoms with Crippen molar-refractivity contribution in [1.29, 1.82) is 0 Å². The van der Waals surface area contributed by atoms with E-state index in [1.54, 1.807) is 0 Å². The number of halogens is 2. The van der Waals surface area contributed by atoms with Gasteiger partial charge in [-0.3, -0.25) is 14.7 Å². The SMILES string of the molecule is CN1CCN2CCN(CC(Cl)N(C)C(c3ccccc3)C2Cl)C(c2ccccc2)C1. The fraction of sp³-hybridized carbons (Fsp3) is 0.500. The van der Waals surface area contributed by atoms with Crippen molar-refractivity contribution < 1.29 is 0 Å². The maximum Gasteiger partial charge on any atom is 0.105 e. The molecule has 0 amide bonds. The van der Waals surface area contributed by atoms with Gasteiger partial charge in [0.05, 0.1) is 11.5 Å². The van der Waals surface area contributed by atoms with Crippen LogP contribution in [0.1, 0.15) is 23.2 Å². The van der Waals surface area contributed by atoms with Gasteiger partial charge in [0.25, 0.3) is 0 Å². The average molecular weight is 447 g/mol. The molecule has 2 aromatic carbocycles. The fourth-order valence-corrected chi connectivity index (χ4v) is 5.53. The third kappa shape index (κ3) is 4.85. The molecule has 2 bridgehead atoms. The Morgan fingerprint density at radius 2 is 1.27 bits per heavy atom. The highest BCUT2D eigenvalue weighted by molar-refractivity contribution is 6.21. The molecule has 6 heteroatoms. The molecule has 162 valence electrons. The van der Waals surface area contributed by atoms with Crippen molar-refractivity contribution in [3.63, 3.8) is 0 Å². The first-order chi connectivity index (χ1) is 14.5. The lowest BCUT2D eigenvalue weighted by Crippen LogP contribution is -2.47. The summed E-state index contributed by atoms with van der Waals surface area (Å²) >= 11 is 14.2. The van der Waals surface area contributed by atoms with E-state index in [2.05, 4.69) is 94.4 Å². The normalized spacial score (nSPS) is 34.3. The molecule has 4 nitrogen and oxygen atoms in total. The molecule has 0 spiro atoms. The minimum absolute atomic E-state index is 0.0372. The van der Waals surface area contributed by atoms with E-state index < -0.39 is 0 Å². The Bertz CT molecular complexity index is 790. The van der Waals surface area contributed by atoms with E-state index in [-0.39, 0.29) is 17.0 Å². The molecule has 2 fully saturated rings. The second-order valence-electron chi connectivity index (χ2n) is 8.55. The van der Waals surface area contributed by atoms with Gasteiger partial charge in [-0.2, -0.15) is 0 Å². The molecule has 2 heterocycles. The number of likely N-dealkylation sites (N-methyl/N-ethyl adjacent to an activating group) is 2. The highest BCUT2D eigenvalue weighted by Gasteiger charge is 2.37. The average Bonchev–Trinajstić information content (AvgIpc) is 2.87. The lowest BCUT2D eigenvalue weighted by molar-refractivity contribution is 0.111. The minimum atomic E-state index is -0.139. The summed E-state index contributed by atoms with van der Waals surface area (Å²) in [6.07, 6.45) is 0. The largest absolute Gasteiger partial charge is 0.303 e. The summed E-state index contributed by atoms with van der Waals surface area (Å²) < 4.78 is 0. The molecular weight excluding hydrogens is 415 g/mol. The Labute approximate surface area is 191 Å². The monoisotopic (exact) mass is 446 g/mol. The van der Waals surface area contributed by atoms with Gasteiger partial charge in [-0.1, -0.05) is 60.7 Å². The van der Waals surface area contributed by atoms with Crippen LogP contribution >= 0.6 is 23.2 Å². The van der Waals surface area contributed by atoms with Crippen LogP contribution in [0.4, 0.5) is 0 Å². The summed E-state index contributed by atoms with van der Waals surface area (Å²) in [6, 6.07) is 21.7. The van der Waals surface area contributed by atoms with E-state index in [1.807, 2.05) is 0 Å². The van der Waals surface area contributed by atoms with E-state index >= 15 is 0 Å². The van der Waals surface area contributed by atoms with Crippen molar-refractivity contribution in [3.05, 3.63) is 71.8 Å². The maximum absolute atomic E-state index is 7.19. The van der Waals surface area contributed by atoms with Crippen LogP contribution in [0.5, 0.6) is 0 Å². The molecule has 6 atom stereocenters. The zero-order chi connectivity index (χ0) is 21.1. The lowest BCUT2D eigenvalue weighted by Gasteiger charge is -2.40. The van der Waals surface area contributed by atoms with Crippen LogP contribution in [0.3, 0.4) is 0 Å². The van der Waals surface area contributed by atoms with Gasteiger partial charge in [-0.05, 0) is 25.2 Å². The predicted molar refractivity (Wildman–Crippen MR) is 126 cm³/mol. The smallest absolute Gasteiger partial charge is 0.105 e. The second kappa shape index (κ2) is 9.99. The number of hydrogen-bond donors (Lipinski definition) is 0. The topological polar surface area (TPSA) is 13.0 Å². The van der Waals surface area contributed by atoms with Gasteiger partial charge >= 0.3 is 0 Å².